The van der Waals surface area contributed by atoms with Crippen molar-refractivity contribution in [2.75, 3.05) is 13.2 Å². The highest BCUT2D eigenvalue weighted by Gasteiger charge is 2.58. The number of nitrogens with zero attached hydrogens (tertiary/aromatic N) is 2. The van der Waals surface area contributed by atoms with Gasteiger partial charge in [0.2, 0.25) is 11.8 Å². The summed E-state index contributed by atoms with van der Waals surface area (Å²) in [6, 6.07) is 1.70. The van der Waals surface area contributed by atoms with Gasteiger partial charge in [-0.1, -0.05) is 18.6 Å². The summed E-state index contributed by atoms with van der Waals surface area (Å²) in [6.45, 7) is -0.121. The maximum absolute atomic E-state index is 13.3. The molecule has 2 fully saturated rings. The minimum Gasteiger partial charge on any atom is -0.396 e. The zero-order valence-corrected chi connectivity index (χ0v) is 17.6. The lowest BCUT2D eigenvalue weighted by atomic mass is 9.83. The van der Waals surface area contributed by atoms with Gasteiger partial charge >= 0.3 is 6.18 Å². The van der Waals surface area contributed by atoms with Crippen LogP contribution in [-0.4, -0.2) is 51.8 Å². The number of allylic oxidation sites excluding steroid dienone is 1. The number of aliphatic hydroxyl groups excluding tert-OH is 1. The van der Waals surface area contributed by atoms with Gasteiger partial charge in [-0.3, -0.25) is 14.4 Å². The van der Waals surface area contributed by atoms with E-state index in [4.69, 9.17) is 0 Å². The highest BCUT2D eigenvalue weighted by molar-refractivity contribution is 5.85. The predicted octanol–water partition coefficient (Wildman–Crippen LogP) is 1.85. The Labute approximate surface area is 182 Å². The third kappa shape index (κ3) is 3.74. The van der Waals surface area contributed by atoms with E-state index in [1.807, 2.05) is 5.32 Å². The first kappa shape index (κ1) is 22.6. The van der Waals surface area contributed by atoms with Gasteiger partial charge in [0.05, 0.1) is 18.0 Å². The summed E-state index contributed by atoms with van der Waals surface area (Å²) in [5.74, 6) is -3.10. The normalized spacial score (nSPS) is 27.3. The number of nitrogens with one attached hydrogen (secondary N) is 1. The van der Waals surface area contributed by atoms with Crippen LogP contribution in [0.5, 0.6) is 0 Å². The van der Waals surface area contributed by atoms with Crippen LogP contribution < -0.4 is 10.9 Å². The molecule has 0 spiro atoms. The van der Waals surface area contributed by atoms with E-state index in [1.165, 1.54) is 4.57 Å². The number of aromatic nitrogens is 1. The molecule has 2 amide bonds. The van der Waals surface area contributed by atoms with Crippen LogP contribution in [0.15, 0.2) is 23.0 Å². The van der Waals surface area contributed by atoms with E-state index < -0.39 is 49.2 Å². The number of hydrogen-bond acceptors (Lipinski definition) is 4. The molecule has 32 heavy (non-hydrogen) atoms. The molecule has 0 radical (unpaired) electrons. The molecular formula is C22H26F3N3O4. The SMILES string of the molecule is C/C=C\c1ccc2n(c1=O)C[C@@H]1[C@@H](CO)[C@H](C(=O)NCC(F)(F)F)[C@H]2N1C(=O)C1CCC1. The van der Waals surface area contributed by atoms with Crippen molar-refractivity contribution < 1.29 is 27.9 Å². The Morgan fingerprint density at radius 1 is 1.28 bits per heavy atom. The molecule has 0 unspecified atom stereocenters. The van der Waals surface area contributed by atoms with Gasteiger partial charge in [0.1, 0.15) is 6.54 Å². The lowest BCUT2D eigenvalue weighted by Gasteiger charge is -2.41. The third-order valence-corrected chi connectivity index (χ3v) is 6.89. The molecule has 2 bridgehead atoms. The van der Waals surface area contributed by atoms with Crippen molar-refractivity contribution in [3.05, 3.63) is 39.8 Å². The van der Waals surface area contributed by atoms with Crippen molar-refractivity contribution in [2.24, 2.45) is 17.8 Å². The molecular weight excluding hydrogens is 427 g/mol. The summed E-state index contributed by atoms with van der Waals surface area (Å²) in [7, 11) is 0. The van der Waals surface area contributed by atoms with E-state index in [9.17, 15) is 32.7 Å². The molecule has 2 N–H and O–H groups in total. The molecule has 3 heterocycles. The molecule has 0 aromatic carbocycles. The highest BCUT2D eigenvalue weighted by Crippen LogP contribution is 2.50. The van der Waals surface area contributed by atoms with Crippen molar-refractivity contribution in [1.29, 1.82) is 0 Å². The number of halogens is 3. The Morgan fingerprint density at radius 3 is 2.56 bits per heavy atom. The van der Waals surface area contributed by atoms with Gasteiger partial charge in [-0.05, 0) is 31.9 Å². The van der Waals surface area contributed by atoms with Crippen LogP contribution >= 0.6 is 0 Å². The quantitative estimate of drug-likeness (QED) is 0.712. The standard InChI is InChI=1S/C22H26F3N3O4/c1-2-4-12-7-8-15-18-17(19(30)26-11-22(23,24)25)14(10-29)16(9-27(15)20(12)31)28(18)21(32)13-5-3-6-13/h2,4,7-8,13-14,16-18,29H,3,5-6,9-11H2,1H3,(H,26,30)/b4-2-/t14-,16-,17+,18+/m1/s1. The first-order chi connectivity index (χ1) is 15.2. The van der Waals surface area contributed by atoms with Crippen LogP contribution in [0.25, 0.3) is 6.08 Å². The number of alkyl halides is 3. The Hall–Kier alpha value is -2.62. The topological polar surface area (TPSA) is 91.6 Å². The van der Waals surface area contributed by atoms with E-state index in [0.717, 1.165) is 19.3 Å². The Bertz CT molecular complexity index is 999. The van der Waals surface area contributed by atoms with E-state index in [0.29, 0.717) is 11.3 Å². The van der Waals surface area contributed by atoms with Crippen LogP contribution in [0, 0.1) is 17.8 Å². The Morgan fingerprint density at radius 2 is 2.00 bits per heavy atom. The molecule has 3 aliphatic rings. The molecule has 1 saturated carbocycles. The second-order valence-electron chi connectivity index (χ2n) is 8.72. The average molecular weight is 453 g/mol. The maximum Gasteiger partial charge on any atom is 0.405 e. The molecule has 1 aliphatic carbocycles. The van der Waals surface area contributed by atoms with Crippen molar-refractivity contribution in [3.63, 3.8) is 0 Å². The fourth-order valence-electron chi connectivity index (χ4n) is 5.20. The molecule has 2 aliphatic heterocycles. The number of carbonyl (C=O) groups is 2. The molecule has 4 rings (SSSR count). The number of aliphatic hydroxyl groups is 1. The Kier molecular flexibility index (Phi) is 5.91. The largest absolute Gasteiger partial charge is 0.405 e. The molecule has 1 saturated heterocycles. The lowest BCUT2D eigenvalue weighted by Crippen LogP contribution is -2.52. The zero-order chi connectivity index (χ0) is 23.2. The number of fused-ring (bicyclic) bond motifs is 4. The molecule has 1 aromatic rings. The number of hydrogen-bond donors (Lipinski definition) is 2. The minimum atomic E-state index is -4.59. The summed E-state index contributed by atoms with van der Waals surface area (Å²) in [5, 5.41) is 12.0. The average Bonchev–Trinajstić information content (AvgIpc) is 2.93. The second-order valence-corrected chi connectivity index (χ2v) is 8.72. The first-order valence-electron chi connectivity index (χ1n) is 10.8. The minimum absolute atomic E-state index is 0.0861. The van der Waals surface area contributed by atoms with Gasteiger partial charge < -0.3 is 19.9 Å². The number of pyridine rings is 1. The van der Waals surface area contributed by atoms with Gasteiger partial charge in [-0.25, -0.2) is 0 Å². The van der Waals surface area contributed by atoms with Crippen molar-refractivity contribution in [1.82, 2.24) is 14.8 Å². The molecule has 1 aromatic heterocycles. The fraction of sp³-hybridized carbons (Fsp3) is 0.591. The van der Waals surface area contributed by atoms with Crippen LogP contribution in [0.2, 0.25) is 0 Å². The zero-order valence-electron chi connectivity index (χ0n) is 17.6. The van der Waals surface area contributed by atoms with Gasteiger partial charge in [0.15, 0.2) is 0 Å². The van der Waals surface area contributed by atoms with E-state index in [2.05, 4.69) is 0 Å². The third-order valence-electron chi connectivity index (χ3n) is 6.89. The number of rotatable bonds is 5. The van der Waals surface area contributed by atoms with Crippen molar-refractivity contribution >= 4 is 17.9 Å². The second kappa shape index (κ2) is 8.38. The fourth-order valence-corrected chi connectivity index (χ4v) is 5.20. The van der Waals surface area contributed by atoms with Crippen molar-refractivity contribution in [3.8, 4) is 0 Å². The molecule has 4 atom stereocenters. The van der Waals surface area contributed by atoms with E-state index in [1.54, 1.807) is 36.1 Å². The van der Waals surface area contributed by atoms with E-state index in [-0.39, 0.29) is 23.9 Å². The molecule has 10 heteroatoms. The summed E-state index contributed by atoms with van der Waals surface area (Å²) < 4.78 is 39.7. The maximum atomic E-state index is 13.3. The van der Waals surface area contributed by atoms with Gasteiger partial charge in [0.25, 0.3) is 5.56 Å². The number of carbonyl (C=O) groups excluding carboxylic acids is 2. The summed E-state index contributed by atoms with van der Waals surface area (Å²) in [6.07, 6.45) is 1.14. The van der Waals surface area contributed by atoms with Crippen LogP contribution in [0.1, 0.15) is 43.5 Å². The van der Waals surface area contributed by atoms with Gasteiger partial charge in [0, 0.05) is 36.2 Å². The smallest absolute Gasteiger partial charge is 0.396 e. The first-order valence-corrected chi connectivity index (χ1v) is 10.8. The van der Waals surface area contributed by atoms with Gasteiger partial charge in [-0.2, -0.15) is 13.2 Å². The predicted molar refractivity (Wildman–Crippen MR) is 109 cm³/mol. The van der Waals surface area contributed by atoms with Crippen molar-refractivity contribution in [2.45, 2.75) is 51.0 Å². The molecule has 7 nitrogen and oxygen atoms in total. The van der Waals surface area contributed by atoms with E-state index >= 15 is 0 Å². The Balaban J connectivity index is 1.79. The summed E-state index contributed by atoms with van der Waals surface area (Å²) in [4.78, 5) is 40.8. The van der Waals surface area contributed by atoms with Gasteiger partial charge in [-0.15, -0.1) is 0 Å². The monoisotopic (exact) mass is 453 g/mol. The summed E-state index contributed by atoms with van der Waals surface area (Å²) >= 11 is 0. The van der Waals surface area contributed by atoms with Crippen LogP contribution in [-0.2, 0) is 16.1 Å². The highest BCUT2D eigenvalue weighted by atomic mass is 19.4. The van der Waals surface area contributed by atoms with Crippen LogP contribution in [0.3, 0.4) is 0 Å². The molecule has 174 valence electrons. The lowest BCUT2D eigenvalue weighted by molar-refractivity contribution is -0.145. The summed E-state index contributed by atoms with van der Waals surface area (Å²) in [5.41, 5.74) is 0.558. The van der Waals surface area contributed by atoms with Crippen LogP contribution in [0.4, 0.5) is 13.2 Å². The number of amides is 2.